The van der Waals surface area contributed by atoms with Gasteiger partial charge in [-0.15, -0.1) is 21.5 Å². The maximum absolute atomic E-state index is 6.15. The van der Waals surface area contributed by atoms with Crippen LogP contribution in [0.5, 0.6) is 0 Å². The predicted molar refractivity (Wildman–Crippen MR) is 89.1 cm³/mol. The quantitative estimate of drug-likeness (QED) is 0.421. The summed E-state index contributed by atoms with van der Waals surface area (Å²) in [6.45, 7) is 0.382. The number of nitrogens with zero attached hydrogens (tertiary/aromatic N) is 7. The number of thiophene rings is 1. The van der Waals surface area contributed by atoms with Gasteiger partial charge in [0.1, 0.15) is 11.4 Å². The first-order valence-electron chi connectivity index (χ1n) is 6.87. The molecule has 4 heterocycles. The zero-order valence-electron chi connectivity index (χ0n) is 12.5. The number of ether oxygens (including phenoxy) is 1. The van der Waals surface area contributed by atoms with Crippen LogP contribution in [0.15, 0.2) is 40.1 Å². The Labute approximate surface area is 144 Å². The van der Waals surface area contributed by atoms with Gasteiger partial charge in [-0.2, -0.15) is 14.6 Å². The second-order valence-electron chi connectivity index (χ2n) is 4.75. The summed E-state index contributed by atoms with van der Waals surface area (Å²) >= 11 is 2.90. The van der Waals surface area contributed by atoms with E-state index in [9.17, 15) is 0 Å². The van der Waals surface area contributed by atoms with Crippen molar-refractivity contribution in [2.24, 2.45) is 0 Å². The Kier molecular flexibility index (Phi) is 3.88. The Morgan fingerprint density at radius 2 is 2.29 bits per heavy atom. The van der Waals surface area contributed by atoms with Crippen LogP contribution in [-0.4, -0.2) is 41.6 Å². The van der Waals surface area contributed by atoms with Crippen molar-refractivity contribution in [3.63, 3.8) is 0 Å². The molecule has 0 radical (unpaired) electrons. The van der Waals surface area contributed by atoms with E-state index in [0.29, 0.717) is 23.4 Å². The van der Waals surface area contributed by atoms with E-state index in [2.05, 4.69) is 25.3 Å². The van der Waals surface area contributed by atoms with Gasteiger partial charge in [0.25, 0.3) is 5.78 Å². The monoisotopic (exact) mass is 360 g/mol. The first kappa shape index (κ1) is 15.1. The van der Waals surface area contributed by atoms with Crippen LogP contribution in [0.2, 0.25) is 0 Å². The van der Waals surface area contributed by atoms with Crippen molar-refractivity contribution in [3.8, 4) is 10.7 Å². The van der Waals surface area contributed by atoms with Crippen molar-refractivity contribution in [1.82, 2.24) is 34.5 Å². The molecule has 122 valence electrons. The average Bonchev–Trinajstić information content (AvgIpc) is 3.29. The molecule has 4 aromatic heterocycles. The van der Waals surface area contributed by atoms with E-state index in [-0.39, 0.29) is 0 Å². The Bertz CT molecular complexity index is 977. The molecule has 11 heteroatoms. The van der Waals surface area contributed by atoms with Gasteiger partial charge in [0.15, 0.2) is 5.82 Å². The van der Waals surface area contributed by atoms with E-state index in [1.165, 1.54) is 22.8 Å². The lowest BCUT2D eigenvalue weighted by molar-refractivity contribution is 0.181. The van der Waals surface area contributed by atoms with Crippen LogP contribution >= 0.6 is 23.1 Å². The summed E-state index contributed by atoms with van der Waals surface area (Å²) in [6, 6.07) is 5.76. The van der Waals surface area contributed by atoms with E-state index < -0.39 is 0 Å². The van der Waals surface area contributed by atoms with E-state index in [4.69, 9.17) is 10.6 Å². The summed E-state index contributed by atoms with van der Waals surface area (Å²) in [7, 11) is 1.62. The third-order valence-electron chi connectivity index (χ3n) is 3.17. The fourth-order valence-electron chi connectivity index (χ4n) is 2.14. The number of nitrogens with two attached hydrogens (primary N) is 1. The maximum atomic E-state index is 6.15. The molecule has 24 heavy (non-hydrogen) atoms. The average molecular weight is 360 g/mol. The van der Waals surface area contributed by atoms with E-state index >= 15 is 0 Å². The van der Waals surface area contributed by atoms with E-state index in [1.54, 1.807) is 23.0 Å². The van der Waals surface area contributed by atoms with Crippen LogP contribution < -0.4 is 5.84 Å². The number of fused-ring (bicyclic) bond motifs is 1. The molecular formula is C13H12N8OS2. The summed E-state index contributed by atoms with van der Waals surface area (Å²) < 4.78 is 8.25. The van der Waals surface area contributed by atoms with Crippen LogP contribution in [0.25, 0.3) is 16.5 Å². The largest absolute Gasteiger partial charge is 0.378 e. The maximum Gasteiger partial charge on any atom is 0.253 e. The van der Waals surface area contributed by atoms with Gasteiger partial charge >= 0.3 is 0 Å². The Balaban J connectivity index is 1.73. The molecule has 4 rings (SSSR count). The summed E-state index contributed by atoms with van der Waals surface area (Å²) in [4.78, 5) is 9.46. The molecule has 4 aromatic rings. The van der Waals surface area contributed by atoms with Crippen LogP contribution in [0, 0.1) is 0 Å². The molecule has 0 fully saturated rings. The third-order valence-corrected chi connectivity index (χ3v) is 4.99. The highest BCUT2D eigenvalue weighted by Crippen LogP contribution is 2.29. The standard InChI is InChI=1S/C13H12N8OS2/c1-22-6-8-5-10(21-12(17-8)15-7-16-21)24-13-19-18-11(20(13)14)9-3-2-4-23-9/h2-5,7H,6,14H2,1H3. The van der Waals surface area contributed by atoms with Crippen molar-refractivity contribution in [1.29, 1.82) is 0 Å². The minimum absolute atomic E-state index is 0.382. The Morgan fingerprint density at radius 1 is 1.38 bits per heavy atom. The van der Waals surface area contributed by atoms with Crippen molar-refractivity contribution in [3.05, 3.63) is 35.6 Å². The Morgan fingerprint density at radius 3 is 3.08 bits per heavy atom. The molecule has 0 amide bonds. The molecule has 0 aliphatic carbocycles. The highest BCUT2D eigenvalue weighted by atomic mass is 32.2. The fourth-order valence-corrected chi connectivity index (χ4v) is 3.71. The lowest BCUT2D eigenvalue weighted by Gasteiger charge is -2.06. The first-order valence-corrected chi connectivity index (χ1v) is 8.56. The van der Waals surface area contributed by atoms with Gasteiger partial charge in [-0.3, -0.25) is 0 Å². The van der Waals surface area contributed by atoms with Gasteiger partial charge in [0.2, 0.25) is 5.16 Å². The zero-order valence-corrected chi connectivity index (χ0v) is 14.2. The summed E-state index contributed by atoms with van der Waals surface area (Å²) in [5.41, 5.74) is 0.752. The number of rotatable bonds is 5. The van der Waals surface area contributed by atoms with Gasteiger partial charge in [-0.1, -0.05) is 6.07 Å². The first-order chi connectivity index (χ1) is 11.8. The van der Waals surface area contributed by atoms with Crippen LogP contribution in [-0.2, 0) is 11.3 Å². The van der Waals surface area contributed by atoms with Gasteiger partial charge in [-0.25, -0.2) is 9.66 Å². The van der Waals surface area contributed by atoms with Gasteiger partial charge in [-0.05, 0) is 29.3 Å². The molecule has 0 aliphatic heterocycles. The molecule has 9 nitrogen and oxygen atoms in total. The molecular weight excluding hydrogens is 348 g/mol. The van der Waals surface area contributed by atoms with Crippen molar-refractivity contribution < 1.29 is 4.74 Å². The highest BCUT2D eigenvalue weighted by Gasteiger charge is 2.16. The smallest absolute Gasteiger partial charge is 0.253 e. The number of hydrogen-bond donors (Lipinski definition) is 1. The normalized spacial score (nSPS) is 11.4. The highest BCUT2D eigenvalue weighted by molar-refractivity contribution is 7.99. The summed E-state index contributed by atoms with van der Waals surface area (Å²) in [5.74, 6) is 7.26. The van der Waals surface area contributed by atoms with Crippen molar-refractivity contribution in [2.45, 2.75) is 16.8 Å². The SMILES string of the molecule is COCc1cc(Sc2nnc(-c3cccs3)n2N)n2ncnc2n1. The Hall–Kier alpha value is -2.50. The third kappa shape index (κ3) is 2.62. The lowest BCUT2D eigenvalue weighted by Crippen LogP contribution is -2.11. The fraction of sp³-hybridized carbons (Fsp3) is 0.154. The second-order valence-corrected chi connectivity index (χ2v) is 6.68. The topological polar surface area (TPSA) is 109 Å². The predicted octanol–water partition coefficient (Wildman–Crippen LogP) is 1.46. The molecule has 0 bridgehead atoms. The van der Waals surface area contributed by atoms with E-state index in [1.807, 2.05) is 23.6 Å². The minimum atomic E-state index is 0.382. The van der Waals surface area contributed by atoms with Gasteiger partial charge in [0.05, 0.1) is 17.2 Å². The van der Waals surface area contributed by atoms with E-state index in [0.717, 1.165) is 15.6 Å². The number of aromatic nitrogens is 7. The molecule has 0 aromatic carbocycles. The van der Waals surface area contributed by atoms with Crippen molar-refractivity contribution >= 4 is 28.9 Å². The second kappa shape index (κ2) is 6.19. The van der Waals surface area contributed by atoms with Crippen molar-refractivity contribution in [2.75, 3.05) is 13.0 Å². The molecule has 0 unspecified atom stereocenters. The number of nitrogen functional groups attached to an aromatic ring is 1. The molecule has 0 saturated carbocycles. The molecule has 0 spiro atoms. The number of methoxy groups -OCH3 is 1. The van der Waals surface area contributed by atoms with Gasteiger partial charge < -0.3 is 10.6 Å². The number of hydrogen-bond acceptors (Lipinski definition) is 9. The molecule has 0 atom stereocenters. The lowest BCUT2D eigenvalue weighted by atomic mass is 10.4. The molecule has 2 N–H and O–H groups in total. The van der Waals surface area contributed by atoms with Crippen LogP contribution in [0.1, 0.15) is 5.69 Å². The van der Waals surface area contributed by atoms with Crippen LogP contribution in [0.4, 0.5) is 0 Å². The summed E-state index contributed by atoms with van der Waals surface area (Å²) in [5, 5.41) is 15.8. The minimum Gasteiger partial charge on any atom is -0.378 e. The summed E-state index contributed by atoms with van der Waals surface area (Å²) in [6.07, 6.45) is 1.45. The van der Waals surface area contributed by atoms with Crippen LogP contribution in [0.3, 0.4) is 0 Å². The zero-order chi connectivity index (χ0) is 16.5. The van der Waals surface area contributed by atoms with Gasteiger partial charge in [0, 0.05) is 7.11 Å². The molecule has 0 saturated heterocycles. The molecule has 0 aliphatic rings.